The minimum absolute atomic E-state index is 0.145. The summed E-state index contributed by atoms with van der Waals surface area (Å²) in [5.74, 6) is 0.785. The summed E-state index contributed by atoms with van der Waals surface area (Å²) in [6.45, 7) is 0.224. The van der Waals surface area contributed by atoms with Gasteiger partial charge in [-0.25, -0.2) is 0 Å². The first-order valence-corrected chi connectivity index (χ1v) is 8.63. The monoisotopic (exact) mass is 388 g/mol. The summed E-state index contributed by atoms with van der Waals surface area (Å²) in [7, 11) is 3.11. The van der Waals surface area contributed by atoms with Gasteiger partial charge < -0.3 is 20.1 Å². The number of benzene rings is 2. The van der Waals surface area contributed by atoms with E-state index in [1.807, 2.05) is 24.3 Å². The molecule has 2 N–H and O–H groups in total. The predicted octanol–water partition coefficient (Wildman–Crippen LogP) is 3.52. The molecule has 27 heavy (non-hydrogen) atoms. The molecule has 7 heteroatoms. The van der Waals surface area contributed by atoms with Crippen LogP contribution in [-0.4, -0.2) is 32.6 Å². The predicted molar refractivity (Wildman–Crippen MR) is 106 cm³/mol. The van der Waals surface area contributed by atoms with Crippen LogP contribution in [0.2, 0.25) is 5.02 Å². The number of rotatable bonds is 8. The standard InChI is InChI=1S/C20H21ClN2O4/c1-26-16-7-3-14(4-8-16)5-10-19(24)22-12-11-20(25)23-15-6-9-18(27-2)17(21)13-15/h3-10,13H,11-12H2,1-2H3,(H,22,24)(H,23,25)/b10-5+. The van der Waals surface area contributed by atoms with Gasteiger partial charge in [-0.15, -0.1) is 0 Å². The zero-order chi connectivity index (χ0) is 19.6. The third-order valence-corrected chi connectivity index (χ3v) is 3.93. The van der Waals surface area contributed by atoms with Crippen LogP contribution in [0.1, 0.15) is 12.0 Å². The molecule has 142 valence electrons. The van der Waals surface area contributed by atoms with Crippen LogP contribution in [0, 0.1) is 0 Å². The molecule has 0 unspecified atom stereocenters. The van der Waals surface area contributed by atoms with E-state index in [-0.39, 0.29) is 24.8 Å². The Kier molecular flexibility index (Phi) is 7.70. The lowest BCUT2D eigenvalue weighted by molar-refractivity contribution is -0.117. The van der Waals surface area contributed by atoms with Crippen LogP contribution in [0.3, 0.4) is 0 Å². The van der Waals surface area contributed by atoms with E-state index < -0.39 is 0 Å². The normalized spacial score (nSPS) is 10.5. The molecular weight excluding hydrogens is 368 g/mol. The van der Waals surface area contributed by atoms with E-state index in [2.05, 4.69) is 10.6 Å². The molecule has 0 atom stereocenters. The summed E-state index contributed by atoms with van der Waals surface area (Å²) in [5.41, 5.74) is 1.44. The lowest BCUT2D eigenvalue weighted by Gasteiger charge is -2.08. The van der Waals surface area contributed by atoms with Gasteiger partial charge >= 0.3 is 0 Å². The van der Waals surface area contributed by atoms with E-state index in [0.29, 0.717) is 16.5 Å². The summed E-state index contributed by atoms with van der Waals surface area (Å²) in [6.07, 6.45) is 3.25. The maximum absolute atomic E-state index is 11.9. The topological polar surface area (TPSA) is 76.7 Å². The Balaban J connectivity index is 1.74. The molecule has 0 saturated heterocycles. The fourth-order valence-corrected chi connectivity index (χ4v) is 2.47. The van der Waals surface area contributed by atoms with E-state index in [1.54, 1.807) is 31.4 Å². The summed E-state index contributed by atoms with van der Waals surface area (Å²) < 4.78 is 10.1. The van der Waals surface area contributed by atoms with Crippen LogP contribution in [-0.2, 0) is 9.59 Å². The zero-order valence-corrected chi connectivity index (χ0v) is 15.9. The van der Waals surface area contributed by atoms with Gasteiger partial charge in [-0.1, -0.05) is 23.7 Å². The van der Waals surface area contributed by atoms with Gasteiger partial charge in [-0.2, -0.15) is 0 Å². The molecule has 0 heterocycles. The van der Waals surface area contributed by atoms with E-state index in [1.165, 1.54) is 13.2 Å². The fraction of sp³-hybridized carbons (Fsp3) is 0.200. The van der Waals surface area contributed by atoms with E-state index in [0.717, 1.165) is 11.3 Å². The number of amides is 2. The summed E-state index contributed by atoms with van der Waals surface area (Å²) in [5, 5.41) is 5.79. The van der Waals surface area contributed by atoms with Crippen molar-refractivity contribution in [3.05, 3.63) is 59.1 Å². The Morgan fingerprint density at radius 2 is 1.81 bits per heavy atom. The van der Waals surface area contributed by atoms with Crippen LogP contribution >= 0.6 is 11.6 Å². The molecule has 0 spiro atoms. The summed E-state index contributed by atoms with van der Waals surface area (Å²) >= 11 is 6.01. The Labute approximate surface area is 163 Å². The smallest absolute Gasteiger partial charge is 0.244 e. The second-order valence-corrected chi connectivity index (χ2v) is 5.95. The Morgan fingerprint density at radius 3 is 2.44 bits per heavy atom. The van der Waals surface area contributed by atoms with Crippen LogP contribution < -0.4 is 20.1 Å². The fourth-order valence-electron chi connectivity index (χ4n) is 2.21. The van der Waals surface area contributed by atoms with E-state index in [9.17, 15) is 9.59 Å². The zero-order valence-electron chi connectivity index (χ0n) is 15.1. The van der Waals surface area contributed by atoms with Gasteiger partial charge in [0.1, 0.15) is 11.5 Å². The minimum Gasteiger partial charge on any atom is -0.497 e. The third-order valence-electron chi connectivity index (χ3n) is 3.63. The van der Waals surface area contributed by atoms with Crippen LogP contribution in [0.4, 0.5) is 5.69 Å². The SMILES string of the molecule is COc1ccc(/C=C/C(=O)NCCC(=O)Nc2ccc(OC)c(Cl)c2)cc1. The lowest BCUT2D eigenvalue weighted by atomic mass is 10.2. The summed E-state index contributed by atoms with van der Waals surface area (Å²) in [6, 6.07) is 12.3. The van der Waals surface area contributed by atoms with Gasteiger partial charge in [0.2, 0.25) is 11.8 Å². The third kappa shape index (κ3) is 6.67. The molecule has 2 amide bonds. The van der Waals surface area contributed by atoms with Crippen molar-refractivity contribution in [3.8, 4) is 11.5 Å². The second-order valence-electron chi connectivity index (χ2n) is 5.55. The summed E-state index contributed by atoms with van der Waals surface area (Å²) in [4.78, 5) is 23.7. The number of halogens is 1. The number of hydrogen-bond donors (Lipinski definition) is 2. The van der Waals surface area contributed by atoms with Crippen molar-refractivity contribution in [2.75, 3.05) is 26.1 Å². The number of ether oxygens (including phenoxy) is 2. The number of anilines is 1. The largest absolute Gasteiger partial charge is 0.497 e. The van der Waals surface area contributed by atoms with Gasteiger partial charge in [0.15, 0.2) is 0 Å². The number of nitrogens with one attached hydrogen (secondary N) is 2. The van der Waals surface area contributed by atoms with Crippen LogP contribution in [0.5, 0.6) is 11.5 Å². The van der Waals surface area contributed by atoms with Gasteiger partial charge in [-0.05, 0) is 42.0 Å². The average Bonchev–Trinajstić information content (AvgIpc) is 2.67. The molecule has 0 saturated carbocycles. The molecule has 0 aromatic heterocycles. The first-order chi connectivity index (χ1) is 13.0. The van der Waals surface area contributed by atoms with Crippen molar-refractivity contribution in [1.82, 2.24) is 5.32 Å². The average molecular weight is 389 g/mol. The van der Waals surface area contributed by atoms with Gasteiger partial charge in [0.25, 0.3) is 0 Å². The van der Waals surface area contributed by atoms with Crippen molar-refractivity contribution in [2.24, 2.45) is 0 Å². The number of methoxy groups -OCH3 is 2. The molecule has 0 radical (unpaired) electrons. The quantitative estimate of drug-likeness (QED) is 0.678. The highest BCUT2D eigenvalue weighted by Crippen LogP contribution is 2.27. The van der Waals surface area contributed by atoms with Crippen molar-refractivity contribution < 1.29 is 19.1 Å². The number of carbonyl (C=O) groups is 2. The Morgan fingerprint density at radius 1 is 1.07 bits per heavy atom. The molecule has 0 aliphatic heterocycles. The first kappa shape index (κ1) is 20.3. The molecule has 2 aromatic carbocycles. The molecule has 6 nitrogen and oxygen atoms in total. The maximum atomic E-state index is 11.9. The first-order valence-electron chi connectivity index (χ1n) is 8.25. The molecule has 0 aliphatic rings. The van der Waals surface area contributed by atoms with Crippen molar-refractivity contribution in [3.63, 3.8) is 0 Å². The highest BCUT2D eigenvalue weighted by molar-refractivity contribution is 6.32. The molecule has 0 fully saturated rings. The Bertz CT molecular complexity index is 819. The highest BCUT2D eigenvalue weighted by atomic mass is 35.5. The van der Waals surface area contributed by atoms with Crippen molar-refractivity contribution >= 4 is 35.2 Å². The van der Waals surface area contributed by atoms with Crippen molar-refractivity contribution in [2.45, 2.75) is 6.42 Å². The van der Waals surface area contributed by atoms with Gasteiger partial charge in [0.05, 0.1) is 19.2 Å². The number of hydrogen-bond acceptors (Lipinski definition) is 4. The second kappa shape index (κ2) is 10.2. The van der Waals surface area contributed by atoms with Crippen LogP contribution in [0.15, 0.2) is 48.5 Å². The van der Waals surface area contributed by atoms with Gasteiger partial charge in [-0.3, -0.25) is 9.59 Å². The minimum atomic E-state index is -0.272. The maximum Gasteiger partial charge on any atom is 0.244 e. The van der Waals surface area contributed by atoms with E-state index >= 15 is 0 Å². The van der Waals surface area contributed by atoms with E-state index in [4.69, 9.17) is 21.1 Å². The Hall–Kier alpha value is -2.99. The molecule has 0 bridgehead atoms. The lowest BCUT2D eigenvalue weighted by Crippen LogP contribution is -2.26. The van der Waals surface area contributed by atoms with Crippen molar-refractivity contribution in [1.29, 1.82) is 0 Å². The van der Waals surface area contributed by atoms with Gasteiger partial charge in [0, 0.05) is 24.7 Å². The van der Waals surface area contributed by atoms with Crippen LogP contribution in [0.25, 0.3) is 6.08 Å². The number of carbonyl (C=O) groups excluding carboxylic acids is 2. The molecule has 2 aromatic rings. The molecule has 0 aliphatic carbocycles. The molecular formula is C20H21ClN2O4. The molecule has 2 rings (SSSR count). The highest BCUT2D eigenvalue weighted by Gasteiger charge is 2.06.